The summed E-state index contributed by atoms with van der Waals surface area (Å²) in [6.45, 7) is 6.37. The maximum atomic E-state index is 5.85. The highest BCUT2D eigenvalue weighted by molar-refractivity contribution is 6.17. The number of nitrogens with zero attached hydrogens (tertiary/aromatic N) is 1. The van der Waals surface area contributed by atoms with Crippen molar-refractivity contribution in [2.45, 2.75) is 32.6 Å². The molecule has 2 nitrogen and oxygen atoms in total. The van der Waals surface area contributed by atoms with Crippen molar-refractivity contribution in [3.8, 4) is 11.6 Å². The molecule has 0 saturated heterocycles. The van der Waals surface area contributed by atoms with E-state index in [9.17, 15) is 0 Å². The summed E-state index contributed by atoms with van der Waals surface area (Å²) >= 11 is 5.74. The second-order valence-corrected chi connectivity index (χ2v) is 5.19. The zero-order chi connectivity index (χ0) is 13.8. The minimum atomic E-state index is 0.467. The summed E-state index contributed by atoms with van der Waals surface area (Å²) in [7, 11) is 0. The maximum Gasteiger partial charge on any atom is 0.219 e. The van der Waals surface area contributed by atoms with E-state index in [2.05, 4.69) is 37.0 Å². The second kappa shape index (κ2) is 6.07. The summed E-state index contributed by atoms with van der Waals surface area (Å²) in [5, 5.41) is 0. The molecule has 0 fully saturated rings. The van der Waals surface area contributed by atoms with Gasteiger partial charge in [-0.2, -0.15) is 0 Å². The molecule has 3 heteroatoms. The predicted octanol–water partition coefficient (Wildman–Crippen LogP) is 5.04. The fraction of sp³-hybridized carbons (Fsp3) is 0.312. The van der Waals surface area contributed by atoms with Crippen LogP contribution in [-0.4, -0.2) is 4.98 Å². The van der Waals surface area contributed by atoms with Crippen molar-refractivity contribution in [1.82, 2.24) is 4.98 Å². The summed E-state index contributed by atoms with van der Waals surface area (Å²) < 4.78 is 5.85. The van der Waals surface area contributed by atoms with Crippen LogP contribution in [0.2, 0.25) is 0 Å². The van der Waals surface area contributed by atoms with Gasteiger partial charge in [0, 0.05) is 18.1 Å². The van der Waals surface area contributed by atoms with Gasteiger partial charge < -0.3 is 4.74 Å². The van der Waals surface area contributed by atoms with Crippen LogP contribution in [0.5, 0.6) is 11.6 Å². The van der Waals surface area contributed by atoms with E-state index in [0.717, 1.165) is 16.9 Å². The Morgan fingerprint density at radius 1 is 1.21 bits per heavy atom. The molecule has 0 bridgehead atoms. The van der Waals surface area contributed by atoms with Crippen LogP contribution in [0.3, 0.4) is 0 Å². The molecule has 2 aromatic rings. The van der Waals surface area contributed by atoms with Gasteiger partial charge in [-0.3, -0.25) is 0 Å². The number of aromatic nitrogens is 1. The number of ether oxygens (including phenoxy) is 1. The molecular formula is C16H18ClNO. The predicted molar refractivity (Wildman–Crippen MR) is 79.1 cm³/mol. The lowest BCUT2D eigenvalue weighted by atomic mass is 10.0. The molecule has 0 aliphatic rings. The van der Waals surface area contributed by atoms with E-state index in [4.69, 9.17) is 16.3 Å². The molecule has 0 radical (unpaired) electrons. The summed E-state index contributed by atoms with van der Waals surface area (Å²) in [5.41, 5.74) is 3.35. The highest BCUT2D eigenvalue weighted by Gasteiger charge is 2.06. The summed E-state index contributed by atoms with van der Waals surface area (Å²) in [6.07, 6.45) is 1.74. The smallest absolute Gasteiger partial charge is 0.219 e. The van der Waals surface area contributed by atoms with E-state index < -0.39 is 0 Å². The molecule has 0 atom stereocenters. The highest BCUT2D eigenvalue weighted by atomic mass is 35.5. The monoisotopic (exact) mass is 275 g/mol. The van der Waals surface area contributed by atoms with Crippen molar-refractivity contribution >= 4 is 11.6 Å². The normalized spacial score (nSPS) is 10.8. The minimum Gasteiger partial charge on any atom is -0.439 e. The Kier molecular flexibility index (Phi) is 4.43. The van der Waals surface area contributed by atoms with Crippen LogP contribution in [-0.2, 0) is 5.88 Å². The van der Waals surface area contributed by atoms with Crippen LogP contribution in [0.25, 0.3) is 0 Å². The molecule has 0 spiro atoms. The van der Waals surface area contributed by atoms with Crippen molar-refractivity contribution in [3.05, 3.63) is 53.2 Å². The Hall–Kier alpha value is -1.54. The number of rotatable bonds is 4. The average molecular weight is 276 g/mol. The largest absolute Gasteiger partial charge is 0.439 e. The average Bonchev–Trinajstić information content (AvgIpc) is 2.42. The fourth-order valence-electron chi connectivity index (χ4n) is 1.75. The van der Waals surface area contributed by atoms with E-state index in [1.165, 1.54) is 5.56 Å². The first kappa shape index (κ1) is 13.9. The third-order valence-corrected chi connectivity index (χ3v) is 3.35. The molecular weight excluding hydrogens is 258 g/mol. The highest BCUT2D eigenvalue weighted by Crippen LogP contribution is 2.27. The minimum absolute atomic E-state index is 0.467. The van der Waals surface area contributed by atoms with Gasteiger partial charge in [-0.25, -0.2) is 4.98 Å². The molecule has 0 N–H and O–H groups in total. The Balaban J connectivity index is 2.23. The first-order chi connectivity index (χ1) is 9.10. The topological polar surface area (TPSA) is 22.1 Å². The van der Waals surface area contributed by atoms with E-state index >= 15 is 0 Å². The van der Waals surface area contributed by atoms with Crippen molar-refractivity contribution in [3.63, 3.8) is 0 Å². The lowest BCUT2D eigenvalue weighted by molar-refractivity contribution is 0.458. The molecule has 1 aromatic heterocycles. The van der Waals surface area contributed by atoms with Gasteiger partial charge in [0.2, 0.25) is 5.88 Å². The molecule has 0 amide bonds. The zero-order valence-corrected chi connectivity index (χ0v) is 12.2. The van der Waals surface area contributed by atoms with E-state index in [-0.39, 0.29) is 0 Å². The van der Waals surface area contributed by atoms with Gasteiger partial charge in [0.05, 0.1) is 0 Å². The quantitative estimate of drug-likeness (QED) is 0.729. The molecule has 100 valence electrons. The van der Waals surface area contributed by atoms with Crippen LogP contribution >= 0.6 is 11.6 Å². The SMILES string of the molecule is Cc1ccc(C(C)C)cc1Oc1ccc(CCl)cn1. The second-order valence-electron chi connectivity index (χ2n) is 4.92. The molecule has 1 heterocycles. The van der Waals surface area contributed by atoms with Crippen LogP contribution in [0.1, 0.15) is 36.5 Å². The molecule has 0 aliphatic heterocycles. The number of benzene rings is 1. The molecule has 0 unspecified atom stereocenters. The van der Waals surface area contributed by atoms with Crippen LogP contribution < -0.4 is 4.74 Å². The van der Waals surface area contributed by atoms with Crippen LogP contribution in [0.4, 0.5) is 0 Å². The Morgan fingerprint density at radius 2 is 2.00 bits per heavy atom. The molecule has 19 heavy (non-hydrogen) atoms. The number of pyridine rings is 1. The van der Waals surface area contributed by atoms with Gasteiger partial charge in [-0.1, -0.05) is 32.0 Å². The van der Waals surface area contributed by atoms with Gasteiger partial charge in [0.15, 0.2) is 0 Å². The fourth-order valence-corrected chi connectivity index (χ4v) is 1.91. The number of halogens is 1. The number of aryl methyl sites for hydroxylation is 1. The zero-order valence-electron chi connectivity index (χ0n) is 11.5. The van der Waals surface area contributed by atoms with E-state index in [1.54, 1.807) is 6.20 Å². The first-order valence-corrected chi connectivity index (χ1v) is 6.93. The van der Waals surface area contributed by atoms with E-state index in [1.807, 2.05) is 19.1 Å². The Bertz CT molecular complexity index is 549. The number of hydrogen-bond donors (Lipinski definition) is 0. The third kappa shape index (κ3) is 3.48. The molecule has 0 aliphatic carbocycles. The number of alkyl halides is 1. The number of hydrogen-bond acceptors (Lipinski definition) is 2. The van der Waals surface area contributed by atoms with Crippen molar-refractivity contribution < 1.29 is 4.74 Å². The third-order valence-electron chi connectivity index (χ3n) is 3.05. The standard InChI is InChI=1S/C16H18ClNO/c1-11(2)14-6-4-12(3)15(8-14)19-16-7-5-13(9-17)10-18-16/h4-8,10-11H,9H2,1-3H3. The van der Waals surface area contributed by atoms with Gasteiger partial charge >= 0.3 is 0 Å². The molecule has 2 rings (SSSR count). The summed E-state index contributed by atoms with van der Waals surface area (Å²) in [6, 6.07) is 10.1. The van der Waals surface area contributed by atoms with Crippen molar-refractivity contribution in [1.29, 1.82) is 0 Å². The van der Waals surface area contributed by atoms with Gasteiger partial charge in [-0.05, 0) is 35.6 Å². The van der Waals surface area contributed by atoms with Gasteiger partial charge in [-0.15, -0.1) is 11.6 Å². The molecule has 0 saturated carbocycles. The lowest BCUT2D eigenvalue weighted by Crippen LogP contribution is -1.94. The van der Waals surface area contributed by atoms with Crippen LogP contribution in [0, 0.1) is 6.92 Å². The van der Waals surface area contributed by atoms with Crippen molar-refractivity contribution in [2.75, 3.05) is 0 Å². The van der Waals surface area contributed by atoms with Crippen LogP contribution in [0.15, 0.2) is 36.5 Å². The lowest BCUT2D eigenvalue weighted by Gasteiger charge is -2.12. The van der Waals surface area contributed by atoms with Crippen molar-refractivity contribution in [2.24, 2.45) is 0 Å². The first-order valence-electron chi connectivity index (χ1n) is 6.39. The van der Waals surface area contributed by atoms with Gasteiger partial charge in [0.1, 0.15) is 5.75 Å². The molecule has 1 aromatic carbocycles. The van der Waals surface area contributed by atoms with Gasteiger partial charge in [0.25, 0.3) is 0 Å². The van der Waals surface area contributed by atoms with E-state index in [0.29, 0.717) is 17.7 Å². The summed E-state index contributed by atoms with van der Waals surface area (Å²) in [5.74, 6) is 2.40. The maximum absolute atomic E-state index is 5.85. The summed E-state index contributed by atoms with van der Waals surface area (Å²) in [4.78, 5) is 4.25. The Labute approximate surface area is 119 Å². The Morgan fingerprint density at radius 3 is 2.58 bits per heavy atom.